The summed E-state index contributed by atoms with van der Waals surface area (Å²) in [5.74, 6) is 0.705. The predicted molar refractivity (Wildman–Crippen MR) is 93.5 cm³/mol. The number of ether oxygens (including phenoxy) is 1. The van der Waals surface area contributed by atoms with Gasteiger partial charge in [0.05, 0.1) is 12.0 Å². The molecule has 2 unspecified atom stereocenters. The van der Waals surface area contributed by atoms with Gasteiger partial charge in [0.15, 0.2) is 0 Å². The second-order valence-corrected chi connectivity index (χ2v) is 8.56. The molecule has 1 aromatic carbocycles. The van der Waals surface area contributed by atoms with E-state index in [0.29, 0.717) is 12.2 Å². The van der Waals surface area contributed by atoms with Crippen LogP contribution in [0.1, 0.15) is 12.1 Å². The van der Waals surface area contributed by atoms with Gasteiger partial charge in [0, 0.05) is 31.2 Å². The Balaban J connectivity index is 1.53. The zero-order valence-corrected chi connectivity index (χ0v) is 15.6. The van der Waals surface area contributed by atoms with Gasteiger partial charge in [0.1, 0.15) is 23.6 Å². The van der Waals surface area contributed by atoms with Crippen LogP contribution in [0.5, 0.6) is 5.75 Å². The summed E-state index contributed by atoms with van der Waals surface area (Å²) in [7, 11) is -2.19. The van der Waals surface area contributed by atoms with Crippen LogP contribution >= 0.6 is 0 Å². The lowest BCUT2D eigenvalue weighted by molar-refractivity contribution is -0.141. The average molecular weight is 414 g/mol. The summed E-state index contributed by atoms with van der Waals surface area (Å²) in [6, 6.07) is 6.40. The highest BCUT2D eigenvalue weighted by Crippen LogP contribution is 2.39. The molecule has 5 rings (SSSR count). The third-order valence-electron chi connectivity index (χ3n) is 5.03. The van der Waals surface area contributed by atoms with Gasteiger partial charge in [-0.3, -0.25) is 0 Å². The highest BCUT2D eigenvalue weighted by Gasteiger charge is 2.51. The Bertz CT molecular complexity index is 970. The molecule has 4 heterocycles. The topological polar surface area (TPSA) is 75.6 Å². The second kappa shape index (κ2) is 6.59. The molecule has 3 saturated heterocycles. The van der Waals surface area contributed by atoms with Crippen LogP contribution in [0.25, 0.3) is 0 Å². The standard InChI is InChI=1S/C17H17F3N4O3S/c1-27-13-2-4-14(5-3-13)28(25,26)24-11-6-12(24)9-23(8-11)16-7-15(17(18,19)20)21-10-22-16/h2-5,7,10-12H,6,8-9H2,1H3. The number of hydrogen-bond donors (Lipinski definition) is 0. The first-order chi connectivity index (χ1) is 13.2. The molecule has 2 aromatic rings. The third-order valence-corrected chi connectivity index (χ3v) is 7.05. The molecule has 2 bridgehead atoms. The molecule has 0 spiro atoms. The van der Waals surface area contributed by atoms with Gasteiger partial charge in [0.25, 0.3) is 0 Å². The number of piperazine rings is 1. The van der Waals surface area contributed by atoms with E-state index in [9.17, 15) is 21.6 Å². The zero-order chi connectivity index (χ0) is 20.1. The van der Waals surface area contributed by atoms with Crippen LogP contribution in [0.3, 0.4) is 0 Å². The summed E-state index contributed by atoms with van der Waals surface area (Å²) in [5, 5.41) is 0. The summed E-state index contributed by atoms with van der Waals surface area (Å²) in [6.07, 6.45) is -3.01. The van der Waals surface area contributed by atoms with Crippen molar-refractivity contribution >= 4 is 15.8 Å². The van der Waals surface area contributed by atoms with Gasteiger partial charge in [-0.2, -0.15) is 17.5 Å². The highest BCUT2D eigenvalue weighted by atomic mass is 32.2. The highest BCUT2D eigenvalue weighted by molar-refractivity contribution is 7.89. The third kappa shape index (κ3) is 3.18. The van der Waals surface area contributed by atoms with Crippen LogP contribution < -0.4 is 9.64 Å². The van der Waals surface area contributed by atoms with Crippen LogP contribution in [0, 0.1) is 0 Å². The number of sulfonamides is 1. The molecule has 150 valence electrons. The summed E-state index contributed by atoms with van der Waals surface area (Å²) in [4.78, 5) is 9.03. The van der Waals surface area contributed by atoms with Gasteiger partial charge >= 0.3 is 6.18 Å². The Morgan fingerprint density at radius 2 is 1.75 bits per heavy atom. The van der Waals surface area contributed by atoms with Crippen molar-refractivity contribution in [3.63, 3.8) is 0 Å². The van der Waals surface area contributed by atoms with Gasteiger partial charge in [0.2, 0.25) is 10.0 Å². The number of hydrogen-bond acceptors (Lipinski definition) is 6. The molecular formula is C17H17F3N4O3S. The van der Waals surface area contributed by atoms with E-state index in [1.54, 1.807) is 17.0 Å². The Kier molecular flexibility index (Phi) is 4.46. The van der Waals surface area contributed by atoms with Crippen LogP contribution in [0.15, 0.2) is 41.6 Å². The first-order valence-corrected chi connectivity index (χ1v) is 9.96. The van der Waals surface area contributed by atoms with Crippen molar-refractivity contribution in [3.05, 3.63) is 42.4 Å². The van der Waals surface area contributed by atoms with Gasteiger partial charge in [-0.15, -0.1) is 0 Å². The van der Waals surface area contributed by atoms with Crippen LogP contribution in [-0.2, 0) is 16.2 Å². The number of fused-ring (bicyclic) bond motifs is 2. The Hall–Kier alpha value is -2.40. The zero-order valence-electron chi connectivity index (χ0n) is 14.8. The van der Waals surface area contributed by atoms with Crippen molar-refractivity contribution in [2.75, 3.05) is 25.1 Å². The van der Waals surface area contributed by atoms with Crippen LogP contribution in [-0.4, -0.2) is 55.0 Å². The van der Waals surface area contributed by atoms with E-state index >= 15 is 0 Å². The minimum Gasteiger partial charge on any atom is -0.497 e. The van der Waals surface area contributed by atoms with Crippen LogP contribution in [0.2, 0.25) is 0 Å². The number of piperidine rings is 1. The maximum Gasteiger partial charge on any atom is 0.433 e. The second-order valence-electron chi connectivity index (χ2n) is 6.72. The lowest BCUT2D eigenvalue weighted by atomic mass is 9.91. The van der Waals surface area contributed by atoms with E-state index in [0.717, 1.165) is 12.4 Å². The maximum absolute atomic E-state index is 12.9. The average Bonchev–Trinajstić information content (AvgIpc) is 2.67. The van der Waals surface area contributed by atoms with E-state index in [2.05, 4.69) is 9.97 Å². The number of halogens is 3. The van der Waals surface area contributed by atoms with Crippen molar-refractivity contribution in [2.45, 2.75) is 29.6 Å². The summed E-state index contributed by atoms with van der Waals surface area (Å²) in [6.45, 7) is 0.556. The summed E-state index contributed by atoms with van der Waals surface area (Å²) in [5.41, 5.74) is -1.01. The van der Waals surface area contributed by atoms with Gasteiger partial charge < -0.3 is 9.64 Å². The molecule has 11 heteroatoms. The normalized spacial score (nSPS) is 22.6. The Morgan fingerprint density at radius 3 is 2.32 bits per heavy atom. The van der Waals surface area contributed by atoms with E-state index in [4.69, 9.17) is 4.74 Å². The number of aromatic nitrogens is 2. The van der Waals surface area contributed by atoms with Crippen molar-refractivity contribution in [2.24, 2.45) is 0 Å². The number of benzene rings is 1. The lowest BCUT2D eigenvalue weighted by Gasteiger charge is -2.55. The Morgan fingerprint density at radius 1 is 1.11 bits per heavy atom. The quantitative estimate of drug-likeness (QED) is 0.763. The molecule has 0 radical (unpaired) electrons. The molecule has 0 N–H and O–H groups in total. The maximum atomic E-state index is 12.9. The van der Waals surface area contributed by atoms with Gasteiger partial charge in [-0.05, 0) is 30.7 Å². The first kappa shape index (κ1) is 18.9. The van der Waals surface area contributed by atoms with Crippen molar-refractivity contribution in [1.29, 1.82) is 0 Å². The Labute approximate surface area is 159 Å². The first-order valence-electron chi connectivity index (χ1n) is 8.52. The van der Waals surface area contributed by atoms with E-state index in [1.807, 2.05) is 0 Å². The van der Waals surface area contributed by atoms with Gasteiger partial charge in [-0.25, -0.2) is 18.4 Å². The SMILES string of the molecule is COc1ccc(S(=O)(=O)N2C3CC2CN(c2cc(C(F)(F)F)ncn2)C3)cc1. The molecule has 0 aliphatic carbocycles. The molecule has 3 fully saturated rings. The summed E-state index contributed by atoms with van der Waals surface area (Å²) < 4.78 is 71.0. The number of rotatable bonds is 4. The molecule has 1 aromatic heterocycles. The van der Waals surface area contributed by atoms with Crippen molar-refractivity contribution in [3.8, 4) is 5.75 Å². The fourth-order valence-corrected chi connectivity index (χ4v) is 5.51. The minimum atomic E-state index is -4.56. The number of anilines is 1. The smallest absolute Gasteiger partial charge is 0.433 e. The predicted octanol–water partition coefficient (Wildman–Crippen LogP) is 2.16. The van der Waals surface area contributed by atoms with Crippen molar-refractivity contribution < 1.29 is 26.3 Å². The number of alkyl halides is 3. The van der Waals surface area contributed by atoms with E-state index < -0.39 is 21.9 Å². The van der Waals surface area contributed by atoms with Crippen molar-refractivity contribution in [1.82, 2.24) is 14.3 Å². The fourth-order valence-electron chi connectivity index (χ4n) is 3.70. The van der Waals surface area contributed by atoms with Gasteiger partial charge in [-0.1, -0.05) is 0 Å². The van der Waals surface area contributed by atoms with E-state index in [-0.39, 0.29) is 35.9 Å². The molecular weight excluding hydrogens is 397 g/mol. The molecule has 0 amide bonds. The summed E-state index contributed by atoms with van der Waals surface area (Å²) >= 11 is 0. The van der Waals surface area contributed by atoms with Crippen LogP contribution in [0.4, 0.5) is 19.0 Å². The monoisotopic (exact) mass is 414 g/mol. The number of nitrogens with zero attached hydrogens (tertiary/aromatic N) is 4. The lowest BCUT2D eigenvalue weighted by Crippen LogP contribution is -2.70. The molecule has 7 nitrogen and oxygen atoms in total. The minimum absolute atomic E-state index is 0.151. The molecule has 3 aliphatic heterocycles. The molecule has 2 atom stereocenters. The number of methoxy groups -OCH3 is 1. The molecule has 3 aliphatic rings. The largest absolute Gasteiger partial charge is 0.497 e. The molecule has 28 heavy (non-hydrogen) atoms. The molecule has 0 saturated carbocycles. The van der Waals surface area contributed by atoms with E-state index in [1.165, 1.54) is 23.5 Å². The fraction of sp³-hybridized carbons (Fsp3) is 0.412.